The first-order chi connectivity index (χ1) is 15.3. The Hall–Kier alpha value is -0.630. The Labute approximate surface area is 203 Å². The minimum Gasteiger partial charge on any atom is -0.381 e. The molecule has 4 fully saturated rings. The van der Waals surface area contributed by atoms with Gasteiger partial charge in [-0.05, 0) is 109 Å². The van der Waals surface area contributed by atoms with Gasteiger partial charge in [0, 0.05) is 12.5 Å². The van der Waals surface area contributed by atoms with E-state index in [0.29, 0.717) is 41.0 Å². The zero-order valence-electron chi connectivity index (χ0n) is 23.0. The number of carbonyl (C=O) groups excluding carboxylic acids is 1. The fraction of sp³-hybridized carbons (Fsp3) is 0.903. The van der Waals surface area contributed by atoms with Crippen LogP contribution >= 0.6 is 0 Å². The second-order valence-electron chi connectivity index (χ2n) is 14.8. The van der Waals surface area contributed by atoms with E-state index < -0.39 is 0 Å². The average molecular weight is 455 g/mol. The number of ether oxygens (including phenoxy) is 1. The lowest BCUT2D eigenvalue weighted by Gasteiger charge is -2.68. The Kier molecular flexibility index (Phi) is 5.26. The van der Waals surface area contributed by atoms with E-state index in [9.17, 15) is 4.79 Å². The summed E-state index contributed by atoms with van der Waals surface area (Å²) in [5, 5.41) is 0. The predicted octanol–water partition coefficient (Wildman–Crippen LogP) is 7.86. The van der Waals surface area contributed by atoms with Crippen LogP contribution in [-0.4, -0.2) is 19.0 Å². The third-order valence-corrected chi connectivity index (χ3v) is 13.3. The zero-order valence-corrected chi connectivity index (χ0v) is 23.0. The summed E-state index contributed by atoms with van der Waals surface area (Å²) in [4.78, 5) is 14.4. The van der Waals surface area contributed by atoms with Crippen LogP contribution in [0, 0.1) is 56.7 Å². The normalized spacial score (nSPS) is 53.1. The van der Waals surface area contributed by atoms with Crippen molar-refractivity contribution in [2.45, 2.75) is 113 Å². The molecule has 4 saturated carbocycles. The fourth-order valence-electron chi connectivity index (χ4n) is 11.4. The van der Waals surface area contributed by atoms with E-state index in [1.807, 2.05) is 7.11 Å². The molecule has 5 rings (SSSR count). The molecule has 2 heteroatoms. The number of rotatable bonds is 2. The topological polar surface area (TPSA) is 26.3 Å². The van der Waals surface area contributed by atoms with Gasteiger partial charge in [0.15, 0.2) is 5.78 Å². The van der Waals surface area contributed by atoms with Crippen molar-refractivity contribution in [1.29, 1.82) is 0 Å². The van der Waals surface area contributed by atoms with E-state index in [1.54, 1.807) is 0 Å². The van der Waals surface area contributed by atoms with Crippen molar-refractivity contribution in [3.8, 4) is 0 Å². The van der Waals surface area contributed by atoms with Crippen LogP contribution in [-0.2, 0) is 9.53 Å². The number of hydrogen-bond acceptors (Lipinski definition) is 2. The maximum Gasteiger partial charge on any atom is 0.162 e. The minimum atomic E-state index is -0.208. The molecule has 0 amide bonds. The summed E-state index contributed by atoms with van der Waals surface area (Å²) >= 11 is 0. The van der Waals surface area contributed by atoms with Crippen LogP contribution in [0.25, 0.3) is 0 Å². The van der Waals surface area contributed by atoms with Crippen molar-refractivity contribution in [3.63, 3.8) is 0 Å². The summed E-state index contributed by atoms with van der Waals surface area (Å²) in [5.74, 6) is 3.65. The second-order valence-corrected chi connectivity index (χ2v) is 14.8. The fourth-order valence-corrected chi connectivity index (χ4v) is 11.4. The highest BCUT2D eigenvalue weighted by Crippen LogP contribution is 2.75. The molecule has 0 saturated heterocycles. The maximum absolute atomic E-state index is 14.4. The molecule has 0 aromatic rings. The molecule has 0 N–H and O–H groups in total. The summed E-state index contributed by atoms with van der Waals surface area (Å²) in [6.45, 7) is 19.7. The summed E-state index contributed by atoms with van der Waals surface area (Å²) in [6, 6.07) is 0. The van der Waals surface area contributed by atoms with E-state index in [1.165, 1.54) is 50.5 Å². The highest BCUT2D eigenvalue weighted by molar-refractivity contribution is 5.98. The molecule has 0 aromatic heterocycles. The molecule has 0 aliphatic heterocycles. The largest absolute Gasteiger partial charge is 0.381 e. The minimum absolute atomic E-state index is 0.0977. The molecule has 0 spiro atoms. The standard InChI is InChI=1S/C31H50O2/c1-19(2)20-10-13-24-29(20,6)16-17-30(7)21-11-12-23-27(3,4)26(33-9)14-15-28(23,5)22(21)18-25(32)31(24,30)8/h18-21,23-24,26H,10-17H2,1-9H3/t20?,21?,23?,24-,26+,28-,29?,30-,31?/m1/s1. The van der Waals surface area contributed by atoms with E-state index in [2.05, 4.69) is 61.5 Å². The van der Waals surface area contributed by atoms with Crippen molar-refractivity contribution >= 4 is 5.78 Å². The van der Waals surface area contributed by atoms with Gasteiger partial charge in [0.25, 0.3) is 0 Å². The van der Waals surface area contributed by atoms with Crippen LogP contribution < -0.4 is 0 Å². The lowest BCUT2D eigenvalue weighted by Crippen LogP contribution is -2.64. The first-order valence-electron chi connectivity index (χ1n) is 14.1. The molecule has 186 valence electrons. The molecule has 9 atom stereocenters. The molecule has 0 bridgehead atoms. The maximum atomic E-state index is 14.4. The molecule has 5 aliphatic rings. The highest BCUT2D eigenvalue weighted by Gasteiger charge is 2.71. The highest BCUT2D eigenvalue weighted by atomic mass is 16.5. The van der Waals surface area contributed by atoms with Crippen molar-refractivity contribution in [1.82, 2.24) is 0 Å². The molecule has 0 radical (unpaired) electrons. The van der Waals surface area contributed by atoms with Crippen LogP contribution in [0.4, 0.5) is 0 Å². The summed E-state index contributed by atoms with van der Waals surface area (Å²) in [5.41, 5.74) is 2.04. The van der Waals surface area contributed by atoms with E-state index in [4.69, 9.17) is 4.74 Å². The van der Waals surface area contributed by atoms with Gasteiger partial charge < -0.3 is 4.74 Å². The number of hydrogen-bond donors (Lipinski definition) is 0. The molecule has 2 nitrogen and oxygen atoms in total. The first kappa shape index (κ1) is 24.1. The Bertz CT molecular complexity index is 868. The van der Waals surface area contributed by atoms with Crippen molar-refractivity contribution in [2.75, 3.05) is 7.11 Å². The van der Waals surface area contributed by atoms with Gasteiger partial charge in [-0.3, -0.25) is 4.79 Å². The average Bonchev–Trinajstić information content (AvgIpc) is 3.09. The molecular formula is C31H50O2. The third kappa shape index (κ3) is 2.74. The lowest BCUT2D eigenvalue weighted by atomic mass is 9.35. The Morgan fingerprint density at radius 3 is 2.18 bits per heavy atom. The number of methoxy groups -OCH3 is 1. The molecular weight excluding hydrogens is 404 g/mol. The summed E-state index contributed by atoms with van der Waals surface area (Å²) < 4.78 is 5.98. The van der Waals surface area contributed by atoms with Crippen molar-refractivity contribution in [2.24, 2.45) is 56.7 Å². The predicted molar refractivity (Wildman–Crippen MR) is 136 cm³/mol. The van der Waals surface area contributed by atoms with Crippen LogP contribution in [0.3, 0.4) is 0 Å². The molecule has 5 unspecified atom stereocenters. The smallest absolute Gasteiger partial charge is 0.162 e. The van der Waals surface area contributed by atoms with Gasteiger partial charge in [-0.25, -0.2) is 0 Å². The Balaban J connectivity index is 1.59. The monoisotopic (exact) mass is 454 g/mol. The Morgan fingerprint density at radius 2 is 1.55 bits per heavy atom. The quantitative estimate of drug-likeness (QED) is 0.424. The summed E-state index contributed by atoms with van der Waals surface area (Å²) in [7, 11) is 1.89. The summed E-state index contributed by atoms with van der Waals surface area (Å²) in [6.07, 6.45) is 12.5. The van der Waals surface area contributed by atoms with E-state index in [-0.39, 0.29) is 21.7 Å². The van der Waals surface area contributed by atoms with Gasteiger partial charge in [-0.2, -0.15) is 0 Å². The van der Waals surface area contributed by atoms with Crippen LogP contribution in [0.15, 0.2) is 11.6 Å². The van der Waals surface area contributed by atoms with Gasteiger partial charge in [0.05, 0.1) is 6.10 Å². The van der Waals surface area contributed by atoms with Gasteiger partial charge in [-0.15, -0.1) is 0 Å². The number of fused-ring (bicyclic) bond motifs is 7. The second kappa shape index (κ2) is 7.21. The first-order valence-corrected chi connectivity index (χ1v) is 14.1. The Morgan fingerprint density at radius 1 is 0.879 bits per heavy atom. The van der Waals surface area contributed by atoms with Crippen LogP contribution in [0.2, 0.25) is 0 Å². The van der Waals surface area contributed by atoms with Gasteiger partial charge in [0.1, 0.15) is 0 Å². The zero-order chi connectivity index (χ0) is 24.2. The SMILES string of the molecule is CO[C@H]1CC[C@]2(C)C3=CC(=O)C4(C)[C@@H]5CCC(C(C)C)C5(C)CC[C@]4(C)C3CCC2C1(C)C. The lowest BCUT2D eigenvalue weighted by molar-refractivity contribution is -0.178. The van der Waals surface area contributed by atoms with Gasteiger partial charge >= 0.3 is 0 Å². The van der Waals surface area contributed by atoms with Crippen LogP contribution in [0.5, 0.6) is 0 Å². The van der Waals surface area contributed by atoms with Crippen molar-refractivity contribution in [3.05, 3.63) is 11.6 Å². The number of allylic oxidation sites excluding steroid dienone is 2. The number of carbonyl (C=O) groups is 1. The van der Waals surface area contributed by atoms with Crippen LogP contribution in [0.1, 0.15) is 107 Å². The number of ketones is 1. The van der Waals surface area contributed by atoms with Gasteiger partial charge in [-0.1, -0.05) is 61.0 Å². The van der Waals surface area contributed by atoms with Crippen molar-refractivity contribution < 1.29 is 9.53 Å². The third-order valence-electron chi connectivity index (χ3n) is 13.3. The molecule has 5 aliphatic carbocycles. The van der Waals surface area contributed by atoms with Gasteiger partial charge in [0.2, 0.25) is 0 Å². The van der Waals surface area contributed by atoms with E-state index in [0.717, 1.165) is 12.3 Å². The molecule has 33 heavy (non-hydrogen) atoms. The van der Waals surface area contributed by atoms with E-state index >= 15 is 0 Å². The molecule has 0 aromatic carbocycles. The molecule has 0 heterocycles.